The number of benzene rings is 1. The largest absolute Gasteiger partial charge is 0.481 e. The first kappa shape index (κ1) is 18.5. The lowest BCUT2D eigenvalue weighted by Crippen LogP contribution is -2.31. The molecule has 0 bridgehead atoms. The van der Waals surface area contributed by atoms with Gasteiger partial charge < -0.3 is 10.0 Å². The second-order valence-electron chi connectivity index (χ2n) is 6.84. The molecule has 0 spiro atoms. The van der Waals surface area contributed by atoms with Crippen molar-refractivity contribution in [3.63, 3.8) is 0 Å². The van der Waals surface area contributed by atoms with Crippen molar-refractivity contribution in [1.82, 2.24) is 14.7 Å². The summed E-state index contributed by atoms with van der Waals surface area (Å²) < 4.78 is 1.80. The van der Waals surface area contributed by atoms with Gasteiger partial charge in [-0.15, -0.1) is 0 Å². The third kappa shape index (κ3) is 3.46. The molecule has 2 heterocycles. The number of rotatable bonds is 4. The average molecular weight is 376 g/mol. The van der Waals surface area contributed by atoms with Crippen LogP contribution >= 0.6 is 11.6 Å². The van der Waals surface area contributed by atoms with Crippen molar-refractivity contribution in [2.75, 3.05) is 13.1 Å². The van der Waals surface area contributed by atoms with Crippen LogP contribution in [-0.4, -0.2) is 44.8 Å². The van der Waals surface area contributed by atoms with Gasteiger partial charge in [-0.2, -0.15) is 5.10 Å². The molecule has 1 aliphatic heterocycles. The fraction of sp³-hybridized carbons (Fsp3) is 0.421. The number of carboxylic acid groups (broad SMARTS) is 1. The Labute approximate surface area is 157 Å². The molecule has 0 radical (unpaired) electrons. The second kappa shape index (κ2) is 7.11. The molecule has 26 heavy (non-hydrogen) atoms. The number of carbonyl (C=O) groups excluding carboxylic acids is 1. The first-order valence-electron chi connectivity index (χ1n) is 8.60. The summed E-state index contributed by atoms with van der Waals surface area (Å²) in [6.45, 7) is 6.54. The normalized spacial score (nSPS) is 16.9. The monoisotopic (exact) mass is 375 g/mol. The molecule has 1 amide bonds. The van der Waals surface area contributed by atoms with Crippen molar-refractivity contribution in [3.8, 4) is 5.69 Å². The van der Waals surface area contributed by atoms with Crippen LogP contribution in [0.5, 0.6) is 0 Å². The molecule has 0 aliphatic carbocycles. The van der Waals surface area contributed by atoms with Crippen LogP contribution in [-0.2, 0) is 16.0 Å². The van der Waals surface area contributed by atoms with Crippen LogP contribution < -0.4 is 0 Å². The molecule has 1 fully saturated rings. The Bertz CT molecular complexity index is 875. The maximum absolute atomic E-state index is 12.6. The van der Waals surface area contributed by atoms with Crippen molar-refractivity contribution in [2.24, 2.45) is 5.92 Å². The van der Waals surface area contributed by atoms with Crippen molar-refractivity contribution in [3.05, 3.63) is 45.7 Å². The summed E-state index contributed by atoms with van der Waals surface area (Å²) in [5.74, 6) is -1.35. The van der Waals surface area contributed by atoms with E-state index in [1.54, 1.807) is 9.58 Å². The Hall–Kier alpha value is -2.34. The Kier molecular flexibility index (Phi) is 5.05. The first-order valence-corrected chi connectivity index (χ1v) is 8.98. The lowest BCUT2D eigenvalue weighted by molar-refractivity contribution is -0.141. The predicted molar refractivity (Wildman–Crippen MR) is 98.8 cm³/mol. The van der Waals surface area contributed by atoms with E-state index >= 15 is 0 Å². The number of aryl methyl sites for hydroxylation is 2. The quantitative estimate of drug-likeness (QED) is 0.891. The van der Waals surface area contributed by atoms with Crippen LogP contribution in [0.4, 0.5) is 0 Å². The smallest absolute Gasteiger partial charge is 0.308 e. The molecule has 0 saturated carbocycles. The van der Waals surface area contributed by atoms with Crippen molar-refractivity contribution in [1.29, 1.82) is 0 Å². The lowest BCUT2D eigenvalue weighted by Gasteiger charge is -2.16. The van der Waals surface area contributed by atoms with Gasteiger partial charge in [-0.3, -0.25) is 9.59 Å². The zero-order valence-corrected chi connectivity index (χ0v) is 15.9. The van der Waals surface area contributed by atoms with Crippen molar-refractivity contribution in [2.45, 2.75) is 33.6 Å². The summed E-state index contributed by atoms with van der Waals surface area (Å²) >= 11 is 6.22. The van der Waals surface area contributed by atoms with E-state index in [1.807, 2.05) is 39.0 Å². The van der Waals surface area contributed by atoms with Crippen LogP contribution in [0.25, 0.3) is 5.69 Å². The van der Waals surface area contributed by atoms with E-state index in [1.165, 1.54) is 0 Å². The molecule has 1 atom stereocenters. The van der Waals surface area contributed by atoms with Crippen molar-refractivity contribution < 1.29 is 14.7 Å². The molecular formula is C19H22ClN3O3. The third-order valence-electron chi connectivity index (χ3n) is 5.06. The Balaban J connectivity index is 1.81. The molecule has 3 rings (SSSR count). The maximum atomic E-state index is 12.6. The molecule has 1 aromatic heterocycles. The first-order chi connectivity index (χ1) is 12.3. The number of nitrogens with zero attached hydrogens (tertiary/aromatic N) is 3. The molecule has 0 unspecified atom stereocenters. The van der Waals surface area contributed by atoms with Gasteiger partial charge in [0.1, 0.15) is 0 Å². The van der Waals surface area contributed by atoms with E-state index in [0.717, 1.165) is 28.2 Å². The number of halogens is 1. The highest BCUT2D eigenvalue weighted by Crippen LogP contribution is 2.24. The Morgan fingerprint density at radius 2 is 2.04 bits per heavy atom. The van der Waals surface area contributed by atoms with Crippen molar-refractivity contribution >= 4 is 23.5 Å². The van der Waals surface area contributed by atoms with Gasteiger partial charge in [-0.05, 0) is 44.9 Å². The number of aromatic nitrogens is 2. The van der Waals surface area contributed by atoms with Gasteiger partial charge in [-0.1, -0.05) is 17.7 Å². The lowest BCUT2D eigenvalue weighted by atomic mass is 10.1. The van der Waals surface area contributed by atoms with Crippen LogP contribution in [0, 0.1) is 26.7 Å². The maximum Gasteiger partial charge on any atom is 0.308 e. The Morgan fingerprint density at radius 1 is 1.31 bits per heavy atom. The number of likely N-dealkylation sites (tertiary alicyclic amines) is 1. The van der Waals surface area contributed by atoms with Gasteiger partial charge in [0.05, 0.1) is 23.7 Å². The number of aliphatic carboxylic acids is 1. The zero-order chi connectivity index (χ0) is 19.0. The summed E-state index contributed by atoms with van der Waals surface area (Å²) in [7, 11) is 0. The summed E-state index contributed by atoms with van der Waals surface area (Å²) in [4.78, 5) is 25.3. The number of hydrogen-bond acceptors (Lipinski definition) is 3. The molecular weight excluding hydrogens is 354 g/mol. The molecule has 1 aromatic carbocycles. The summed E-state index contributed by atoms with van der Waals surface area (Å²) in [6, 6.07) is 5.75. The summed E-state index contributed by atoms with van der Waals surface area (Å²) in [6.07, 6.45) is 0.740. The van der Waals surface area contributed by atoms with Crippen LogP contribution in [0.2, 0.25) is 5.02 Å². The average Bonchev–Trinajstić information content (AvgIpc) is 3.18. The molecule has 1 aliphatic rings. The summed E-state index contributed by atoms with van der Waals surface area (Å²) in [5, 5.41) is 14.3. The van der Waals surface area contributed by atoms with Gasteiger partial charge in [-0.25, -0.2) is 4.68 Å². The molecule has 7 heteroatoms. The van der Waals surface area contributed by atoms with E-state index in [4.69, 9.17) is 16.7 Å². The third-order valence-corrected chi connectivity index (χ3v) is 5.47. The van der Waals surface area contributed by atoms with Gasteiger partial charge in [0.15, 0.2) is 0 Å². The predicted octanol–water partition coefficient (Wildman–Crippen LogP) is 2.93. The van der Waals surface area contributed by atoms with Gasteiger partial charge in [0.2, 0.25) is 5.91 Å². The van der Waals surface area contributed by atoms with E-state index in [9.17, 15) is 9.59 Å². The van der Waals surface area contributed by atoms with Crippen LogP contribution in [0.15, 0.2) is 18.2 Å². The zero-order valence-electron chi connectivity index (χ0n) is 15.1. The van der Waals surface area contributed by atoms with Crippen LogP contribution in [0.3, 0.4) is 0 Å². The second-order valence-corrected chi connectivity index (χ2v) is 7.24. The fourth-order valence-corrected chi connectivity index (χ4v) is 3.52. The minimum Gasteiger partial charge on any atom is -0.481 e. The van der Waals surface area contributed by atoms with Crippen LogP contribution in [0.1, 0.15) is 28.9 Å². The molecule has 138 valence electrons. The minimum atomic E-state index is -0.836. The van der Waals surface area contributed by atoms with Gasteiger partial charge in [0.25, 0.3) is 0 Å². The molecule has 6 nitrogen and oxygen atoms in total. The highest BCUT2D eigenvalue weighted by molar-refractivity contribution is 6.31. The van der Waals surface area contributed by atoms with E-state index < -0.39 is 11.9 Å². The number of hydrogen-bond donors (Lipinski definition) is 1. The highest BCUT2D eigenvalue weighted by Gasteiger charge is 2.31. The van der Waals surface area contributed by atoms with Gasteiger partial charge in [0, 0.05) is 29.4 Å². The summed E-state index contributed by atoms with van der Waals surface area (Å²) in [5.41, 5.74) is 4.41. The number of carbonyl (C=O) groups is 2. The molecule has 1 saturated heterocycles. The number of amides is 1. The van der Waals surface area contributed by atoms with E-state index in [-0.39, 0.29) is 18.9 Å². The molecule has 1 N–H and O–H groups in total. The van der Waals surface area contributed by atoms with E-state index in [2.05, 4.69) is 5.10 Å². The fourth-order valence-electron chi connectivity index (χ4n) is 3.35. The number of carboxylic acids is 1. The van der Waals surface area contributed by atoms with Gasteiger partial charge >= 0.3 is 5.97 Å². The van der Waals surface area contributed by atoms with E-state index in [0.29, 0.717) is 18.0 Å². The minimum absolute atomic E-state index is 0.0542. The highest BCUT2D eigenvalue weighted by atomic mass is 35.5. The Morgan fingerprint density at radius 3 is 2.65 bits per heavy atom. The topological polar surface area (TPSA) is 75.4 Å². The SMILES string of the molecule is Cc1ccc(-n2nc(C)c(CC(=O)N3CC[C@H](C(=O)O)C3)c2C)cc1Cl. The standard InChI is InChI=1S/C19H22ClN3O3/c1-11-4-5-15(8-17(11)20)23-13(3)16(12(2)21-23)9-18(24)22-7-6-14(10-22)19(25)26/h4-5,8,14H,6-7,9-10H2,1-3H3,(H,25,26)/t14-/m0/s1. The molecule has 2 aromatic rings.